The van der Waals surface area contributed by atoms with E-state index in [-0.39, 0.29) is 11.4 Å². The largest absolute Gasteiger partial charge is 0.488 e. The lowest BCUT2D eigenvalue weighted by atomic mass is 10.1. The van der Waals surface area contributed by atoms with Crippen LogP contribution in [0.2, 0.25) is 0 Å². The number of alkyl halides is 3. The number of urea groups is 1. The minimum absolute atomic E-state index is 0.106. The van der Waals surface area contributed by atoms with E-state index in [1.54, 1.807) is 30.3 Å². The molecule has 0 fully saturated rings. The third-order valence-electron chi connectivity index (χ3n) is 3.50. The van der Waals surface area contributed by atoms with Crippen LogP contribution in [0.1, 0.15) is 17.5 Å². The van der Waals surface area contributed by atoms with Crippen molar-refractivity contribution in [1.29, 1.82) is 0 Å². The fraction of sp³-hybridized carbons (Fsp3) is 0.278. The van der Waals surface area contributed by atoms with Crippen molar-refractivity contribution in [2.75, 3.05) is 6.54 Å². The zero-order valence-corrected chi connectivity index (χ0v) is 13.1. The molecule has 0 aliphatic rings. The molecule has 0 aromatic heterocycles. The maximum absolute atomic E-state index is 13.1. The number of amides is 2. The van der Waals surface area contributed by atoms with E-state index < -0.39 is 18.9 Å². The highest BCUT2D eigenvalue weighted by Gasteiger charge is 2.40. The summed E-state index contributed by atoms with van der Waals surface area (Å²) in [7, 11) is 0. The zero-order valence-electron chi connectivity index (χ0n) is 13.1. The average molecular weight is 336 g/mol. The molecule has 0 heterocycles. The van der Waals surface area contributed by atoms with E-state index in [4.69, 9.17) is 0 Å². The minimum Gasteiger partial charge on any atom is -0.338 e. The molecule has 2 aromatic rings. The number of benzene rings is 2. The van der Waals surface area contributed by atoms with Crippen molar-refractivity contribution < 1.29 is 18.0 Å². The molecule has 24 heavy (non-hydrogen) atoms. The number of rotatable bonds is 6. The predicted molar refractivity (Wildman–Crippen MR) is 86.2 cm³/mol. The van der Waals surface area contributed by atoms with E-state index in [1.165, 1.54) is 0 Å². The monoisotopic (exact) mass is 336 g/mol. The Bertz CT molecular complexity index is 630. The van der Waals surface area contributed by atoms with Crippen LogP contribution in [0.25, 0.3) is 0 Å². The van der Waals surface area contributed by atoms with Crippen LogP contribution in [-0.2, 0) is 13.0 Å². The summed E-state index contributed by atoms with van der Waals surface area (Å²) in [5, 5.41) is 2.35. The van der Waals surface area contributed by atoms with Gasteiger partial charge in [-0.3, -0.25) is 0 Å². The minimum atomic E-state index is -4.72. The third kappa shape index (κ3) is 5.61. The number of hydrogen-bond acceptors (Lipinski definition) is 1. The van der Waals surface area contributed by atoms with Gasteiger partial charge in [-0.05, 0) is 24.0 Å². The molecule has 6 heteroatoms. The van der Waals surface area contributed by atoms with Gasteiger partial charge >= 0.3 is 12.3 Å². The van der Waals surface area contributed by atoms with Crippen LogP contribution in [0, 0.1) is 0 Å². The summed E-state index contributed by atoms with van der Waals surface area (Å²) in [6.07, 6.45) is -3.45. The van der Waals surface area contributed by atoms with E-state index in [0.29, 0.717) is 18.4 Å². The summed E-state index contributed by atoms with van der Waals surface area (Å²) in [5.74, 6) is 0. The fourth-order valence-corrected chi connectivity index (χ4v) is 2.27. The first kappa shape index (κ1) is 17.8. The molecule has 0 atom stereocenters. The molecular weight excluding hydrogens is 317 g/mol. The van der Waals surface area contributed by atoms with E-state index in [2.05, 4.69) is 5.32 Å². The summed E-state index contributed by atoms with van der Waals surface area (Å²) in [6, 6.07) is 16.6. The summed E-state index contributed by atoms with van der Waals surface area (Å²) < 4.78 is 39.3. The molecule has 3 nitrogen and oxygen atoms in total. The highest BCUT2D eigenvalue weighted by Crippen LogP contribution is 2.23. The van der Waals surface area contributed by atoms with Crippen LogP contribution in [-0.4, -0.2) is 23.8 Å². The Morgan fingerprint density at radius 2 is 1.46 bits per heavy atom. The number of carbonyl (C=O) groups excluding carboxylic acids is 1. The molecule has 0 unspecified atom stereocenters. The topological polar surface area (TPSA) is 32.3 Å². The van der Waals surface area contributed by atoms with E-state index >= 15 is 0 Å². The highest BCUT2D eigenvalue weighted by molar-refractivity contribution is 5.74. The van der Waals surface area contributed by atoms with Crippen LogP contribution in [0.15, 0.2) is 60.7 Å². The highest BCUT2D eigenvalue weighted by atomic mass is 19.4. The number of halogens is 3. The second-order valence-corrected chi connectivity index (χ2v) is 5.36. The second-order valence-electron chi connectivity index (χ2n) is 5.36. The van der Waals surface area contributed by atoms with Gasteiger partial charge in [0.2, 0.25) is 0 Å². The van der Waals surface area contributed by atoms with Crippen LogP contribution in [0.4, 0.5) is 18.0 Å². The lowest BCUT2D eigenvalue weighted by Gasteiger charge is -2.25. The number of nitrogens with zero attached hydrogens (tertiary/aromatic N) is 1. The van der Waals surface area contributed by atoms with Crippen LogP contribution in [0.3, 0.4) is 0 Å². The number of aryl methyl sites for hydroxylation is 1. The molecule has 0 spiro atoms. The first-order chi connectivity index (χ1) is 11.5. The average Bonchev–Trinajstić information content (AvgIpc) is 2.57. The van der Waals surface area contributed by atoms with Gasteiger partial charge in [-0.1, -0.05) is 60.7 Å². The Hall–Kier alpha value is -2.50. The fourth-order valence-electron chi connectivity index (χ4n) is 2.27. The van der Waals surface area contributed by atoms with Crippen molar-refractivity contribution in [2.45, 2.75) is 25.7 Å². The predicted octanol–water partition coefficient (Wildman–Crippen LogP) is 4.35. The standard InChI is InChI=1S/C18H19F3N2O/c19-18(20,21)23(14-16-10-5-2-6-11-16)17(24)22-13-7-12-15-8-3-1-4-9-15/h1-6,8-11H,7,12-14H2,(H,22,24). The third-order valence-corrected chi connectivity index (χ3v) is 3.50. The number of hydrogen-bond donors (Lipinski definition) is 1. The molecule has 2 amide bonds. The van der Waals surface area contributed by atoms with Crippen molar-refractivity contribution in [3.05, 3.63) is 71.8 Å². The molecule has 2 rings (SSSR count). The normalized spacial score (nSPS) is 11.1. The lowest BCUT2D eigenvalue weighted by molar-refractivity contribution is -0.226. The Morgan fingerprint density at radius 3 is 2.00 bits per heavy atom. The van der Waals surface area contributed by atoms with Gasteiger partial charge in [0.15, 0.2) is 0 Å². The van der Waals surface area contributed by atoms with Crippen LogP contribution < -0.4 is 5.32 Å². The number of nitrogens with one attached hydrogen (secondary N) is 1. The molecule has 0 radical (unpaired) electrons. The molecule has 0 saturated carbocycles. The first-order valence-electron chi connectivity index (χ1n) is 7.67. The Balaban J connectivity index is 1.86. The summed E-state index contributed by atoms with van der Waals surface area (Å²) >= 11 is 0. The van der Waals surface area contributed by atoms with Gasteiger partial charge < -0.3 is 5.32 Å². The first-order valence-corrected chi connectivity index (χ1v) is 7.67. The van der Waals surface area contributed by atoms with E-state index in [1.807, 2.05) is 30.3 Å². The summed E-state index contributed by atoms with van der Waals surface area (Å²) in [6.45, 7) is -0.316. The van der Waals surface area contributed by atoms with Gasteiger partial charge in [-0.25, -0.2) is 9.69 Å². The van der Waals surface area contributed by atoms with Gasteiger partial charge in [0, 0.05) is 6.54 Å². The molecule has 0 aliphatic carbocycles. The zero-order chi connectivity index (χ0) is 17.4. The molecule has 0 bridgehead atoms. The van der Waals surface area contributed by atoms with Crippen molar-refractivity contribution in [3.63, 3.8) is 0 Å². The van der Waals surface area contributed by atoms with Crippen molar-refractivity contribution in [1.82, 2.24) is 10.2 Å². The van der Waals surface area contributed by atoms with Crippen LogP contribution >= 0.6 is 0 Å². The smallest absolute Gasteiger partial charge is 0.338 e. The maximum Gasteiger partial charge on any atom is 0.488 e. The molecule has 2 aromatic carbocycles. The van der Waals surface area contributed by atoms with Gasteiger partial charge in [-0.15, -0.1) is 13.2 Å². The quantitative estimate of drug-likeness (QED) is 0.617. The molecule has 0 aliphatic heterocycles. The van der Waals surface area contributed by atoms with Crippen LogP contribution in [0.5, 0.6) is 0 Å². The Kier molecular flexibility index (Phi) is 6.23. The Labute approximate surface area is 139 Å². The molecule has 128 valence electrons. The second kappa shape index (κ2) is 8.38. The van der Waals surface area contributed by atoms with E-state index in [0.717, 1.165) is 5.56 Å². The van der Waals surface area contributed by atoms with Crippen molar-refractivity contribution >= 4 is 6.03 Å². The number of carbonyl (C=O) groups is 1. The Morgan fingerprint density at radius 1 is 0.917 bits per heavy atom. The van der Waals surface area contributed by atoms with Gasteiger partial charge in [0.25, 0.3) is 0 Å². The molecular formula is C18H19F3N2O. The molecule has 0 saturated heterocycles. The lowest BCUT2D eigenvalue weighted by Crippen LogP contribution is -2.48. The summed E-state index contributed by atoms with van der Waals surface area (Å²) in [5.41, 5.74) is 1.51. The molecule has 1 N–H and O–H groups in total. The van der Waals surface area contributed by atoms with E-state index in [9.17, 15) is 18.0 Å². The van der Waals surface area contributed by atoms with Gasteiger partial charge in [0.05, 0.1) is 6.54 Å². The van der Waals surface area contributed by atoms with Crippen molar-refractivity contribution in [2.24, 2.45) is 0 Å². The SMILES string of the molecule is O=C(NCCCc1ccccc1)N(Cc1ccccc1)C(F)(F)F. The summed E-state index contributed by atoms with van der Waals surface area (Å²) in [4.78, 5) is 11.8. The van der Waals surface area contributed by atoms with Gasteiger partial charge in [-0.2, -0.15) is 0 Å². The maximum atomic E-state index is 13.1. The van der Waals surface area contributed by atoms with Gasteiger partial charge in [0.1, 0.15) is 0 Å². The van der Waals surface area contributed by atoms with Crippen molar-refractivity contribution in [3.8, 4) is 0 Å².